The summed E-state index contributed by atoms with van der Waals surface area (Å²) in [6, 6.07) is 11.3. The Kier molecular flexibility index (Phi) is 5.98. The second-order valence-corrected chi connectivity index (χ2v) is 7.48. The molecule has 0 spiro atoms. The predicted molar refractivity (Wildman–Crippen MR) is 108 cm³/mol. The Morgan fingerprint density at radius 2 is 1.84 bits per heavy atom. The quantitative estimate of drug-likeness (QED) is 0.403. The van der Waals surface area contributed by atoms with E-state index in [0.29, 0.717) is 5.56 Å². The Morgan fingerprint density at radius 1 is 1.09 bits per heavy atom. The number of aromatic nitrogens is 4. The molecule has 0 aliphatic carbocycles. The van der Waals surface area contributed by atoms with Crippen LogP contribution in [0.1, 0.15) is 23.2 Å². The maximum absolute atomic E-state index is 13.3. The van der Waals surface area contributed by atoms with Gasteiger partial charge < -0.3 is 14.6 Å². The van der Waals surface area contributed by atoms with Gasteiger partial charge in [0.2, 0.25) is 0 Å². The van der Waals surface area contributed by atoms with E-state index in [0.717, 1.165) is 22.3 Å². The van der Waals surface area contributed by atoms with Gasteiger partial charge in [-0.05, 0) is 53.6 Å². The average Bonchev–Trinajstić information content (AvgIpc) is 3.39. The fourth-order valence-electron chi connectivity index (χ4n) is 3.69. The van der Waals surface area contributed by atoms with Gasteiger partial charge in [0, 0.05) is 23.7 Å². The summed E-state index contributed by atoms with van der Waals surface area (Å²) < 4.78 is 55.6. The number of aliphatic hydroxyl groups is 2. The van der Waals surface area contributed by atoms with E-state index in [-0.39, 0.29) is 19.0 Å². The van der Waals surface area contributed by atoms with Crippen molar-refractivity contribution in [2.45, 2.75) is 31.6 Å². The Bertz CT molecular complexity index is 1220. The lowest BCUT2D eigenvalue weighted by atomic mass is 9.97. The smallest absolute Gasteiger partial charge is 0.272 e. The zero-order valence-electron chi connectivity index (χ0n) is 16.8. The molecular formula is C22H20F4N4O2. The first-order chi connectivity index (χ1) is 15.4. The van der Waals surface area contributed by atoms with Crippen LogP contribution in [0.4, 0.5) is 17.6 Å². The van der Waals surface area contributed by atoms with E-state index >= 15 is 0 Å². The second kappa shape index (κ2) is 8.71. The molecule has 0 aliphatic heterocycles. The maximum Gasteiger partial charge on any atom is 0.272 e. The lowest BCUT2D eigenvalue weighted by Crippen LogP contribution is -2.35. The van der Waals surface area contributed by atoms with Crippen LogP contribution in [0.5, 0.6) is 0 Å². The van der Waals surface area contributed by atoms with Gasteiger partial charge in [-0.15, -0.1) is 5.10 Å². The van der Waals surface area contributed by atoms with E-state index in [1.54, 1.807) is 30.5 Å². The van der Waals surface area contributed by atoms with Crippen molar-refractivity contribution in [3.8, 4) is 11.3 Å². The highest BCUT2D eigenvalue weighted by atomic mass is 19.3. The van der Waals surface area contributed by atoms with Crippen molar-refractivity contribution in [1.29, 1.82) is 0 Å². The summed E-state index contributed by atoms with van der Waals surface area (Å²) in [4.78, 5) is 0. The molecule has 0 fully saturated rings. The van der Waals surface area contributed by atoms with Crippen molar-refractivity contribution >= 4 is 5.52 Å². The van der Waals surface area contributed by atoms with Crippen LogP contribution < -0.4 is 0 Å². The molecule has 0 aliphatic rings. The van der Waals surface area contributed by atoms with Gasteiger partial charge in [-0.25, -0.2) is 17.9 Å². The highest BCUT2D eigenvalue weighted by molar-refractivity contribution is 5.72. The lowest BCUT2D eigenvalue weighted by molar-refractivity contribution is -0.112. The molecule has 0 radical (unpaired) electrons. The van der Waals surface area contributed by atoms with Crippen LogP contribution in [0.15, 0.2) is 54.9 Å². The minimum absolute atomic E-state index is 0.171. The fraction of sp³-hybridized carbons (Fsp3) is 0.273. The molecule has 2 N–H and O–H groups in total. The van der Waals surface area contributed by atoms with Gasteiger partial charge in [-0.3, -0.25) is 4.39 Å². The highest BCUT2D eigenvalue weighted by Gasteiger charge is 2.42. The zero-order valence-corrected chi connectivity index (χ0v) is 16.8. The van der Waals surface area contributed by atoms with E-state index in [1.807, 2.05) is 10.5 Å². The van der Waals surface area contributed by atoms with Crippen LogP contribution in [0.2, 0.25) is 0 Å². The van der Waals surface area contributed by atoms with Crippen LogP contribution in [0, 0.1) is 5.82 Å². The Morgan fingerprint density at radius 3 is 2.50 bits per heavy atom. The molecule has 4 rings (SSSR count). The minimum Gasteiger partial charge on any atom is -0.392 e. The molecule has 6 nitrogen and oxygen atoms in total. The topological polar surface area (TPSA) is 75.6 Å². The fourth-order valence-corrected chi connectivity index (χ4v) is 3.69. The number of halogens is 4. The number of rotatable bonds is 8. The monoisotopic (exact) mass is 448 g/mol. The number of alkyl halides is 3. The Balaban J connectivity index is 1.65. The summed E-state index contributed by atoms with van der Waals surface area (Å²) in [5, 5.41) is 27.3. The Hall–Kier alpha value is -3.24. The van der Waals surface area contributed by atoms with Gasteiger partial charge in [0.1, 0.15) is 11.5 Å². The highest BCUT2D eigenvalue weighted by Crippen LogP contribution is 2.31. The van der Waals surface area contributed by atoms with Gasteiger partial charge >= 0.3 is 0 Å². The molecule has 0 bridgehead atoms. The lowest BCUT2D eigenvalue weighted by Gasteiger charge is -2.23. The van der Waals surface area contributed by atoms with Gasteiger partial charge in [0.25, 0.3) is 6.43 Å². The number of nitrogens with zero attached hydrogens (tertiary/aromatic N) is 4. The third kappa shape index (κ3) is 3.98. The standard InChI is InChI=1S/C22H20F4N4O2/c23-7-6-22(32,21(25)26)19-12-29(28-27-19)11-14-5-8-30-18(9-14)10-16(13-31)20(30)15-1-3-17(24)4-2-15/h1-5,8-10,12,21,31-32H,6-7,11,13H2. The molecule has 3 aromatic heterocycles. The van der Waals surface area contributed by atoms with Gasteiger partial charge in [-0.1, -0.05) is 5.21 Å². The largest absolute Gasteiger partial charge is 0.392 e. The molecule has 1 aromatic carbocycles. The first kappa shape index (κ1) is 22.0. The summed E-state index contributed by atoms with van der Waals surface area (Å²) in [5.74, 6) is -0.361. The first-order valence-corrected chi connectivity index (χ1v) is 9.82. The average molecular weight is 448 g/mol. The molecule has 0 amide bonds. The Labute approximate surface area is 180 Å². The number of benzene rings is 1. The molecular weight excluding hydrogens is 428 g/mol. The normalized spacial score (nSPS) is 13.7. The van der Waals surface area contributed by atoms with Crippen molar-refractivity contribution in [2.75, 3.05) is 6.67 Å². The summed E-state index contributed by atoms with van der Waals surface area (Å²) in [6.45, 7) is -1.16. The van der Waals surface area contributed by atoms with Crippen LogP contribution in [0.25, 0.3) is 16.8 Å². The number of pyridine rings is 1. The molecule has 4 aromatic rings. The molecule has 1 atom stereocenters. The number of fused-ring (bicyclic) bond motifs is 1. The number of aliphatic hydroxyl groups excluding tert-OH is 1. The third-order valence-corrected chi connectivity index (χ3v) is 5.37. The zero-order chi connectivity index (χ0) is 22.9. The van der Waals surface area contributed by atoms with Gasteiger partial charge in [0.05, 0.1) is 31.7 Å². The number of hydrogen-bond donors (Lipinski definition) is 2. The number of hydrogen-bond acceptors (Lipinski definition) is 4. The molecule has 168 valence electrons. The van der Waals surface area contributed by atoms with E-state index < -0.39 is 30.8 Å². The van der Waals surface area contributed by atoms with E-state index in [9.17, 15) is 27.8 Å². The molecule has 0 saturated heterocycles. The van der Waals surface area contributed by atoms with Crippen LogP contribution in [0.3, 0.4) is 0 Å². The maximum atomic E-state index is 13.3. The molecule has 0 saturated carbocycles. The SMILES string of the molecule is OCc1cc2cc(Cn3cc(C(O)(CCF)C(F)F)nn3)ccn2c1-c1ccc(F)cc1. The van der Waals surface area contributed by atoms with Crippen molar-refractivity contribution in [3.63, 3.8) is 0 Å². The summed E-state index contributed by atoms with van der Waals surface area (Å²) >= 11 is 0. The summed E-state index contributed by atoms with van der Waals surface area (Å²) in [7, 11) is 0. The van der Waals surface area contributed by atoms with Crippen molar-refractivity contribution in [3.05, 3.63) is 77.5 Å². The minimum atomic E-state index is -3.21. The van der Waals surface area contributed by atoms with Gasteiger partial charge in [0.15, 0.2) is 5.60 Å². The second-order valence-electron chi connectivity index (χ2n) is 7.48. The summed E-state index contributed by atoms with van der Waals surface area (Å²) in [6.07, 6.45) is -1.04. The molecule has 3 heterocycles. The van der Waals surface area contributed by atoms with Crippen molar-refractivity contribution < 1.29 is 27.8 Å². The molecule has 10 heteroatoms. The van der Waals surface area contributed by atoms with E-state index in [1.165, 1.54) is 23.0 Å². The molecule has 1 unspecified atom stereocenters. The van der Waals surface area contributed by atoms with Gasteiger partial charge in [-0.2, -0.15) is 0 Å². The summed E-state index contributed by atoms with van der Waals surface area (Å²) in [5.41, 5.74) is 0.549. The van der Waals surface area contributed by atoms with Crippen LogP contribution >= 0.6 is 0 Å². The van der Waals surface area contributed by atoms with Crippen LogP contribution in [-0.2, 0) is 18.8 Å². The van der Waals surface area contributed by atoms with Crippen molar-refractivity contribution in [1.82, 2.24) is 19.4 Å². The van der Waals surface area contributed by atoms with Crippen molar-refractivity contribution in [2.24, 2.45) is 0 Å². The first-order valence-electron chi connectivity index (χ1n) is 9.82. The van der Waals surface area contributed by atoms with E-state index in [2.05, 4.69) is 10.3 Å². The predicted octanol–water partition coefficient (Wildman–Crippen LogP) is 3.69. The van der Waals surface area contributed by atoms with E-state index in [4.69, 9.17) is 0 Å². The third-order valence-electron chi connectivity index (χ3n) is 5.37. The molecule has 32 heavy (non-hydrogen) atoms. The van der Waals surface area contributed by atoms with Crippen LogP contribution in [-0.4, -0.2) is 42.7 Å².